The number of aromatic nitrogens is 3. The van der Waals surface area contributed by atoms with Gasteiger partial charge in [0, 0.05) is 0 Å². The van der Waals surface area contributed by atoms with Crippen molar-refractivity contribution >= 4 is 22.8 Å². The molecule has 0 atom stereocenters. The number of fused-ring (bicyclic) bond motifs is 1. The molecule has 0 bridgehead atoms. The lowest BCUT2D eigenvalue weighted by Gasteiger charge is -2.07. The number of hydrogen-bond donors (Lipinski definition) is 0. The Balaban J connectivity index is 1.58. The van der Waals surface area contributed by atoms with Gasteiger partial charge >= 0.3 is 6.01 Å². The van der Waals surface area contributed by atoms with Crippen molar-refractivity contribution in [1.29, 1.82) is 0 Å². The molecule has 1 aliphatic rings. The molecule has 0 radical (unpaired) electrons. The van der Waals surface area contributed by atoms with E-state index in [1.54, 1.807) is 12.1 Å². The first-order chi connectivity index (χ1) is 14.6. The maximum atomic E-state index is 14.0. The second-order valence-electron chi connectivity index (χ2n) is 6.90. The number of rotatable bonds is 6. The van der Waals surface area contributed by atoms with Gasteiger partial charge < -0.3 is 13.9 Å². The summed E-state index contributed by atoms with van der Waals surface area (Å²) in [6.45, 7) is 0.453. The van der Waals surface area contributed by atoms with Gasteiger partial charge in [-0.05, 0) is 49.1 Å². The summed E-state index contributed by atoms with van der Waals surface area (Å²) in [5, 5.41) is 0.263. The summed E-state index contributed by atoms with van der Waals surface area (Å²) in [7, 11) is 0. The second kappa shape index (κ2) is 7.53. The fourth-order valence-corrected chi connectivity index (χ4v) is 3.01. The predicted octanol–water partition coefficient (Wildman–Crippen LogP) is 5.80. The van der Waals surface area contributed by atoms with Crippen molar-refractivity contribution < 1.29 is 22.7 Å². The van der Waals surface area contributed by atoms with E-state index in [1.165, 1.54) is 30.3 Å². The monoisotopic (exact) mass is 429 g/mol. The Labute approximate surface area is 174 Å². The minimum Gasteiger partial charge on any atom is -0.476 e. The molecule has 30 heavy (non-hydrogen) atoms. The van der Waals surface area contributed by atoms with Crippen LogP contribution in [0.1, 0.15) is 12.8 Å². The molecule has 2 aromatic carbocycles. The van der Waals surface area contributed by atoms with E-state index in [0.717, 1.165) is 12.8 Å². The highest BCUT2D eigenvalue weighted by Gasteiger charge is 2.25. The molecule has 0 aliphatic heterocycles. The lowest BCUT2D eigenvalue weighted by atomic mass is 10.2. The fraction of sp³-hybridized carbons (Fsp3) is 0.190. The van der Waals surface area contributed by atoms with E-state index in [2.05, 4.69) is 15.0 Å². The summed E-state index contributed by atoms with van der Waals surface area (Å²) < 4.78 is 44.6. The molecule has 4 aromatic rings. The predicted molar refractivity (Wildman–Crippen MR) is 105 cm³/mol. The van der Waals surface area contributed by atoms with Gasteiger partial charge in [0.25, 0.3) is 11.6 Å². The van der Waals surface area contributed by atoms with Crippen molar-refractivity contribution in [3.8, 4) is 29.1 Å². The van der Waals surface area contributed by atoms with E-state index in [0.29, 0.717) is 12.5 Å². The van der Waals surface area contributed by atoms with Gasteiger partial charge in [0.2, 0.25) is 5.89 Å². The van der Waals surface area contributed by atoms with Crippen molar-refractivity contribution in [1.82, 2.24) is 15.0 Å². The molecular weight excluding hydrogens is 416 g/mol. The molecule has 0 N–H and O–H groups in total. The molecule has 6 nitrogen and oxygen atoms in total. The average Bonchev–Trinajstić information content (AvgIpc) is 3.46. The van der Waals surface area contributed by atoms with E-state index in [4.69, 9.17) is 25.5 Å². The number of ether oxygens (including phenoxy) is 2. The van der Waals surface area contributed by atoms with Crippen LogP contribution >= 0.6 is 11.6 Å². The summed E-state index contributed by atoms with van der Waals surface area (Å²) in [4.78, 5) is 12.8. The molecule has 0 amide bonds. The molecule has 1 fully saturated rings. The van der Waals surface area contributed by atoms with Gasteiger partial charge in [0.1, 0.15) is 5.82 Å². The summed E-state index contributed by atoms with van der Waals surface area (Å²) >= 11 is 6.16. The average molecular weight is 430 g/mol. The molecule has 1 aliphatic carbocycles. The Bertz CT molecular complexity index is 1240. The number of para-hydroxylation sites is 1. The van der Waals surface area contributed by atoms with Crippen LogP contribution in [0.15, 0.2) is 46.9 Å². The van der Waals surface area contributed by atoms with Crippen molar-refractivity contribution in [2.45, 2.75) is 12.8 Å². The minimum absolute atomic E-state index is 0.0436. The molecule has 0 spiro atoms. The lowest BCUT2D eigenvalue weighted by molar-refractivity contribution is 0.286. The van der Waals surface area contributed by atoms with Crippen LogP contribution in [0.3, 0.4) is 0 Å². The van der Waals surface area contributed by atoms with Crippen LogP contribution in [-0.2, 0) is 0 Å². The highest BCUT2D eigenvalue weighted by molar-refractivity contribution is 6.33. The van der Waals surface area contributed by atoms with Crippen LogP contribution in [0.4, 0.5) is 8.78 Å². The zero-order valence-corrected chi connectivity index (χ0v) is 16.2. The Morgan fingerprint density at radius 1 is 1.07 bits per heavy atom. The van der Waals surface area contributed by atoms with E-state index in [1.807, 2.05) is 0 Å². The van der Waals surface area contributed by atoms with Gasteiger partial charge in [0.15, 0.2) is 17.1 Å². The smallest absolute Gasteiger partial charge is 0.328 e. The first-order valence-corrected chi connectivity index (χ1v) is 9.64. The maximum absolute atomic E-state index is 14.0. The van der Waals surface area contributed by atoms with Crippen molar-refractivity contribution in [2.75, 3.05) is 6.61 Å². The van der Waals surface area contributed by atoms with Gasteiger partial charge in [0.05, 0.1) is 17.2 Å². The van der Waals surface area contributed by atoms with Crippen LogP contribution in [0.2, 0.25) is 5.02 Å². The minimum atomic E-state index is -0.563. The molecule has 1 saturated carbocycles. The van der Waals surface area contributed by atoms with Crippen molar-refractivity contribution in [3.63, 3.8) is 0 Å². The third kappa shape index (κ3) is 3.78. The Hall–Kier alpha value is -3.26. The van der Waals surface area contributed by atoms with E-state index in [9.17, 15) is 8.78 Å². The van der Waals surface area contributed by atoms with Gasteiger partial charge in [-0.1, -0.05) is 23.7 Å². The summed E-state index contributed by atoms with van der Waals surface area (Å²) in [6.07, 6.45) is 2.16. The molecule has 9 heteroatoms. The summed E-state index contributed by atoms with van der Waals surface area (Å²) in [5.41, 5.74) is 0.559. The topological polar surface area (TPSA) is 70.3 Å². The Morgan fingerprint density at radius 2 is 1.90 bits per heavy atom. The zero-order chi connectivity index (χ0) is 20.7. The zero-order valence-electron chi connectivity index (χ0n) is 15.4. The normalized spacial score (nSPS) is 13.6. The number of benzene rings is 2. The molecule has 0 unspecified atom stereocenters. The van der Waals surface area contributed by atoms with Gasteiger partial charge in [-0.15, -0.1) is 0 Å². The molecule has 5 rings (SSSR count). The molecule has 2 aromatic heterocycles. The highest BCUT2D eigenvalue weighted by Crippen LogP contribution is 2.35. The van der Waals surface area contributed by atoms with E-state index < -0.39 is 11.6 Å². The van der Waals surface area contributed by atoms with Gasteiger partial charge in [-0.25, -0.2) is 13.8 Å². The van der Waals surface area contributed by atoms with E-state index in [-0.39, 0.29) is 45.3 Å². The fourth-order valence-electron chi connectivity index (χ4n) is 2.81. The SMILES string of the molecule is Fc1ccc(Cl)c(-c2nc3c(OCC4CC4)nc(Oc4ccccc4F)nc3o2)c1. The number of oxazole rings is 1. The second-order valence-corrected chi connectivity index (χ2v) is 7.30. The highest BCUT2D eigenvalue weighted by atomic mass is 35.5. The van der Waals surface area contributed by atoms with Gasteiger partial charge in [-0.2, -0.15) is 9.97 Å². The number of halogens is 3. The van der Waals surface area contributed by atoms with Crippen LogP contribution in [0, 0.1) is 17.6 Å². The first-order valence-electron chi connectivity index (χ1n) is 9.26. The largest absolute Gasteiger partial charge is 0.476 e. The standard InChI is InChI=1S/C21H14ClF2N3O3/c22-14-8-7-12(23)9-13(14)18-25-17-19(28-10-11-5-6-11)26-21(27-20(17)30-18)29-16-4-2-1-3-15(16)24/h1-4,7-9,11H,5-6,10H2. The van der Waals surface area contributed by atoms with Crippen molar-refractivity contribution in [3.05, 3.63) is 59.1 Å². The summed E-state index contributed by atoms with van der Waals surface area (Å²) in [5.74, 6) is -0.445. The molecular formula is C21H14ClF2N3O3. The first kappa shape index (κ1) is 18.7. The van der Waals surface area contributed by atoms with Gasteiger partial charge in [-0.3, -0.25) is 0 Å². The summed E-state index contributed by atoms with van der Waals surface area (Å²) in [6, 6.07) is 9.57. The number of hydrogen-bond acceptors (Lipinski definition) is 6. The van der Waals surface area contributed by atoms with Crippen LogP contribution in [-0.4, -0.2) is 21.6 Å². The maximum Gasteiger partial charge on any atom is 0.328 e. The van der Waals surface area contributed by atoms with Crippen molar-refractivity contribution in [2.24, 2.45) is 5.92 Å². The third-order valence-electron chi connectivity index (χ3n) is 4.56. The molecule has 0 saturated heterocycles. The quantitative estimate of drug-likeness (QED) is 0.386. The lowest BCUT2D eigenvalue weighted by Crippen LogP contribution is -2.03. The molecule has 2 heterocycles. The van der Waals surface area contributed by atoms with Crippen LogP contribution in [0.5, 0.6) is 17.6 Å². The molecule has 152 valence electrons. The van der Waals surface area contributed by atoms with Crippen LogP contribution in [0.25, 0.3) is 22.7 Å². The van der Waals surface area contributed by atoms with E-state index >= 15 is 0 Å². The third-order valence-corrected chi connectivity index (χ3v) is 4.89. The Kier molecular flexibility index (Phi) is 4.71. The Morgan fingerprint density at radius 3 is 2.70 bits per heavy atom. The van der Waals surface area contributed by atoms with Crippen LogP contribution < -0.4 is 9.47 Å². The number of nitrogens with zero attached hydrogens (tertiary/aromatic N) is 3.